The molecule has 0 aromatic heterocycles. The Morgan fingerprint density at radius 1 is 1.40 bits per heavy atom. The highest BCUT2D eigenvalue weighted by Crippen LogP contribution is 2.17. The van der Waals surface area contributed by atoms with Gasteiger partial charge in [-0.25, -0.2) is 0 Å². The van der Waals surface area contributed by atoms with Gasteiger partial charge in [0.2, 0.25) is 0 Å². The molecule has 0 saturated carbocycles. The van der Waals surface area contributed by atoms with E-state index in [0.29, 0.717) is 11.8 Å². The average Bonchev–Trinajstić information content (AvgIpc) is 2.25. The number of hydrogen-bond acceptors (Lipinski definition) is 3. The van der Waals surface area contributed by atoms with Gasteiger partial charge in [-0.3, -0.25) is 0 Å². The van der Waals surface area contributed by atoms with Crippen molar-refractivity contribution in [3.05, 3.63) is 29.3 Å². The largest absolute Gasteiger partial charge is 0.508 e. The van der Waals surface area contributed by atoms with Crippen LogP contribution in [0, 0.1) is 6.92 Å². The minimum absolute atomic E-state index is 0.383. The molecule has 1 fully saturated rings. The van der Waals surface area contributed by atoms with Crippen molar-refractivity contribution in [2.24, 2.45) is 0 Å². The molecule has 15 heavy (non-hydrogen) atoms. The predicted molar refractivity (Wildman–Crippen MR) is 61.2 cm³/mol. The third kappa shape index (κ3) is 2.70. The summed E-state index contributed by atoms with van der Waals surface area (Å²) in [5, 5.41) is 16.3. The predicted octanol–water partition coefficient (Wildman–Crippen LogP) is 0.805. The van der Waals surface area contributed by atoms with Gasteiger partial charge in [0, 0.05) is 25.7 Å². The number of phenolic OH excluding ortho intramolecular Hbond substituents is 1. The molecule has 82 valence electrons. The first-order valence-corrected chi connectivity index (χ1v) is 5.48. The van der Waals surface area contributed by atoms with E-state index in [-0.39, 0.29) is 0 Å². The molecule has 1 heterocycles. The lowest BCUT2D eigenvalue weighted by Gasteiger charge is -2.24. The van der Waals surface area contributed by atoms with E-state index in [4.69, 9.17) is 0 Å². The van der Waals surface area contributed by atoms with Crippen molar-refractivity contribution in [1.82, 2.24) is 10.6 Å². The fourth-order valence-corrected chi connectivity index (χ4v) is 1.99. The molecular weight excluding hydrogens is 188 g/mol. The fourth-order valence-electron chi connectivity index (χ4n) is 1.99. The molecule has 1 aromatic carbocycles. The molecule has 0 radical (unpaired) electrons. The lowest BCUT2D eigenvalue weighted by molar-refractivity contribution is 0.416. The molecule has 3 N–H and O–H groups in total. The highest BCUT2D eigenvalue weighted by Gasteiger charge is 2.12. The Morgan fingerprint density at radius 3 is 2.93 bits per heavy atom. The summed E-state index contributed by atoms with van der Waals surface area (Å²) in [6.07, 6.45) is 1.02. The summed E-state index contributed by atoms with van der Waals surface area (Å²) in [4.78, 5) is 0. The van der Waals surface area contributed by atoms with E-state index in [9.17, 15) is 5.11 Å². The van der Waals surface area contributed by atoms with Crippen LogP contribution in [-0.2, 0) is 6.42 Å². The van der Waals surface area contributed by atoms with Gasteiger partial charge in [0.05, 0.1) is 0 Å². The molecule has 0 unspecified atom stereocenters. The van der Waals surface area contributed by atoms with Crippen LogP contribution in [-0.4, -0.2) is 30.8 Å². The van der Waals surface area contributed by atoms with E-state index in [1.165, 1.54) is 5.56 Å². The Labute approximate surface area is 90.5 Å². The van der Waals surface area contributed by atoms with Crippen molar-refractivity contribution in [3.8, 4) is 5.75 Å². The molecule has 2 rings (SSSR count). The summed E-state index contributed by atoms with van der Waals surface area (Å²) in [6.45, 7) is 5.07. The lowest BCUT2D eigenvalue weighted by Crippen LogP contribution is -2.49. The number of hydrogen-bond donors (Lipinski definition) is 3. The van der Waals surface area contributed by atoms with Gasteiger partial charge in [-0.2, -0.15) is 0 Å². The molecule has 1 aromatic rings. The average molecular weight is 206 g/mol. The zero-order valence-electron chi connectivity index (χ0n) is 9.09. The van der Waals surface area contributed by atoms with E-state index in [1.54, 1.807) is 6.07 Å². The van der Waals surface area contributed by atoms with Crippen molar-refractivity contribution in [2.75, 3.05) is 19.6 Å². The highest BCUT2D eigenvalue weighted by atomic mass is 16.3. The first kappa shape index (κ1) is 10.5. The number of benzene rings is 1. The van der Waals surface area contributed by atoms with Crippen molar-refractivity contribution in [3.63, 3.8) is 0 Å². The maximum atomic E-state index is 9.42. The summed E-state index contributed by atoms with van der Waals surface area (Å²) in [6, 6.07) is 6.35. The van der Waals surface area contributed by atoms with Crippen LogP contribution in [0.5, 0.6) is 5.75 Å². The van der Waals surface area contributed by atoms with E-state index in [1.807, 2.05) is 13.0 Å². The summed E-state index contributed by atoms with van der Waals surface area (Å²) >= 11 is 0. The van der Waals surface area contributed by atoms with E-state index < -0.39 is 0 Å². The monoisotopic (exact) mass is 206 g/mol. The van der Waals surface area contributed by atoms with Gasteiger partial charge in [-0.15, -0.1) is 0 Å². The second-order valence-electron chi connectivity index (χ2n) is 4.18. The van der Waals surface area contributed by atoms with Crippen LogP contribution in [0.3, 0.4) is 0 Å². The van der Waals surface area contributed by atoms with E-state index >= 15 is 0 Å². The number of piperazine rings is 1. The normalized spacial score (nSPS) is 21.5. The smallest absolute Gasteiger partial charge is 0.118 e. The van der Waals surface area contributed by atoms with Gasteiger partial charge in [0.1, 0.15) is 5.75 Å². The Morgan fingerprint density at radius 2 is 2.27 bits per heavy atom. The molecule has 1 aliphatic rings. The third-order valence-corrected chi connectivity index (χ3v) is 2.87. The standard InChI is InChI=1S/C12H18N2O/c1-9-6-10(2-3-12(9)15)7-11-8-13-4-5-14-11/h2-3,6,11,13-15H,4-5,7-8H2,1H3/t11-/m1/s1. The molecule has 1 aliphatic heterocycles. The highest BCUT2D eigenvalue weighted by molar-refractivity contribution is 5.35. The molecule has 3 nitrogen and oxygen atoms in total. The molecule has 0 amide bonds. The number of aromatic hydroxyl groups is 1. The minimum Gasteiger partial charge on any atom is -0.508 e. The van der Waals surface area contributed by atoms with Crippen LogP contribution in [0.1, 0.15) is 11.1 Å². The Balaban J connectivity index is 2.00. The Hall–Kier alpha value is -1.06. The number of nitrogens with one attached hydrogen (secondary N) is 2. The molecule has 0 bridgehead atoms. The third-order valence-electron chi connectivity index (χ3n) is 2.87. The molecule has 1 saturated heterocycles. The quantitative estimate of drug-likeness (QED) is 0.671. The van der Waals surface area contributed by atoms with Crippen LogP contribution in [0.15, 0.2) is 18.2 Å². The van der Waals surface area contributed by atoms with E-state index in [0.717, 1.165) is 31.6 Å². The Kier molecular flexibility index (Phi) is 3.23. The molecule has 0 aliphatic carbocycles. The van der Waals surface area contributed by atoms with Crippen LogP contribution < -0.4 is 10.6 Å². The van der Waals surface area contributed by atoms with Gasteiger partial charge in [0.25, 0.3) is 0 Å². The summed E-state index contributed by atoms with van der Waals surface area (Å²) in [7, 11) is 0. The zero-order chi connectivity index (χ0) is 10.7. The van der Waals surface area contributed by atoms with Gasteiger partial charge < -0.3 is 15.7 Å². The van der Waals surface area contributed by atoms with Crippen molar-refractivity contribution >= 4 is 0 Å². The van der Waals surface area contributed by atoms with Crippen LogP contribution in [0.25, 0.3) is 0 Å². The van der Waals surface area contributed by atoms with Crippen molar-refractivity contribution < 1.29 is 5.11 Å². The van der Waals surface area contributed by atoms with Crippen LogP contribution in [0.4, 0.5) is 0 Å². The summed E-state index contributed by atoms with van der Waals surface area (Å²) < 4.78 is 0. The first-order chi connectivity index (χ1) is 7.25. The van der Waals surface area contributed by atoms with Crippen LogP contribution in [0.2, 0.25) is 0 Å². The zero-order valence-corrected chi connectivity index (χ0v) is 9.09. The molecule has 1 atom stereocenters. The lowest BCUT2D eigenvalue weighted by atomic mass is 10.0. The summed E-state index contributed by atoms with van der Waals surface area (Å²) in [5.41, 5.74) is 2.24. The van der Waals surface area contributed by atoms with E-state index in [2.05, 4.69) is 16.7 Å². The van der Waals surface area contributed by atoms with Gasteiger partial charge >= 0.3 is 0 Å². The molecule has 3 heteroatoms. The molecular formula is C12H18N2O. The first-order valence-electron chi connectivity index (χ1n) is 5.48. The maximum Gasteiger partial charge on any atom is 0.118 e. The topological polar surface area (TPSA) is 44.3 Å². The fraction of sp³-hybridized carbons (Fsp3) is 0.500. The van der Waals surface area contributed by atoms with Gasteiger partial charge in [-0.05, 0) is 30.5 Å². The van der Waals surface area contributed by atoms with Gasteiger partial charge in [-0.1, -0.05) is 12.1 Å². The van der Waals surface area contributed by atoms with Crippen molar-refractivity contribution in [2.45, 2.75) is 19.4 Å². The number of rotatable bonds is 2. The second-order valence-corrected chi connectivity index (χ2v) is 4.18. The van der Waals surface area contributed by atoms with Gasteiger partial charge in [0.15, 0.2) is 0 Å². The summed E-state index contributed by atoms with van der Waals surface area (Å²) in [5.74, 6) is 0.383. The minimum atomic E-state index is 0.383. The van der Waals surface area contributed by atoms with Crippen LogP contribution >= 0.6 is 0 Å². The molecule has 0 spiro atoms. The van der Waals surface area contributed by atoms with Crippen molar-refractivity contribution in [1.29, 1.82) is 0 Å². The maximum absolute atomic E-state index is 9.42. The second kappa shape index (κ2) is 4.64. The number of phenols is 1. The number of aryl methyl sites for hydroxylation is 1. The SMILES string of the molecule is Cc1cc(C[C@@H]2CNCCN2)ccc1O. The Bertz CT molecular complexity index is 332.